The summed E-state index contributed by atoms with van der Waals surface area (Å²) in [5, 5.41) is 6.88. The molecule has 0 saturated carbocycles. The Morgan fingerprint density at radius 1 is 1.11 bits per heavy atom. The highest BCUT2D eigenvalue weighted by atomic mass is 15.2. The smallest absolute Gasteiger partial charge is 0.190 e. The van der Waals surface area contributed by atoms with Gasteiger partial charge in [0.2, 0.25) is 0 Å². The van der Waals surface area contributed by atoms with Crippen molar-refractivity contribution in [2.75, 3.05) is 39.8 Å². The second-order valence-corrected chi connectivity index (χ2v) is 7.96. The lowest BCUT2D eigenvalue weighted by Crippen LogP contribution is -2.40. The van der Waals surface area contributed by atoms with E-state index in [2.05, 4.69) is 62.1 Å². The van der Waals surface area contributed by atoms with Crippen molar-refractivity contribution in [1.82, 2.24) is 25.1 Å². The molecular weight excluding hydrogens is 348 g/mol. The summed E-state index contributed by atoms with van der Waals surface area (Å²) < 4.78 is 2.30. The summed E-state index contributed by atoms with van der Waals surface area (Å²) >= 11 is 0. The van der Waals surface area contributed by atoms with E-state index in [1.807, 2.05) is 13.1 Å². The number of para-hydroxylation sites is 2. The molecule has 6 nitrogen and oxygen atoms in total. The summed E-state index contributed by atoms with van der Waals surface area (Å²) in [5.41, 5.74) is 2.29. The summed E-state index contributed by atoms with van der Waals surface area (Å²) in [6.45, 7) is 11.0. The minimum Gasteiger partial charge on any atom is -0.356 e. The van der Waals surface area contributed by atoms with Crippen LogP contribution >= 0.6 is 0 Å². The van der Waals surface area contributed by atoms with Crippen molar-refractivity contribution in [2.24, 2.45) is 10.9 Å². The molecule has 2 N–H and O–H groups in total. The van der Waals surface area contributed by atoms with E-state index in [0.717, 1.165) is 55.7 Å². The van der Waals surface area contributed by atoms with Crippen molar-refractivity contribution in [3.8, 4) is 0 Å². The highest BCUT2D eigenvalue weighted by Crippen LogP contribution is 2.16. The van der Waals surface area contributed by atoms with Gasteiger partial charge in [0.25, 0.3) is 0 Å². The van der Waals surface area contributed by atoms with E-state index in [4.69, 9.17) is 0 Å². The maximum atomic E-state index is 4.64. The van der Waals surface area contributed by atoms with E-state index in [-0.39, 0.29) is 0 Å². The number of imidazole rings is 1. The van der Waals surface area contributed by atoms with Crippen LogP contribution < -0.4 is 10.6 Å². The second kappa shape index (κ2) is 10.5. The van der Waals surface area contributed by atoms with Crippen molar-refractivity contribution >= 4 is 17.0 Å². The average molecular weight is 385 g/mol. The summed E-state index contributed by atoms with van der Waals surface area (Å²) in [5.74, 6) is 2.89. The SMILES string of the molecule is CN=C(NCCCN1CCC(C)CC1)NCCCn1c(C)nc2ccccc21. The molecule has 0 amide bonds. The second-order valence-electron chi connectivity index (χ2n) is 7.96. The lowest BCUT2D eigenvalue weighted by molar-refractivity contribution is 0.191. The van der Waals surface area contributed by atoms with Crippen LogP contribution in [0.15, 0.2) is 29.3 Å². The molecule has 1 aliphatic rings. The standard InChI is InChI=1S/C22H36N6/c1-18-10-16-27(17-11-18)14-6-12-24-22(23-3)25-13-7-15-28-19(2)26-20-8-4-5-9-21(20)28/h4-5,8-9,18H,6-7,10-17H2,1-3H3,(H2,23,24,25). The monoisotopic (exact) mass is 384 g/mol. The Morgan fingerprint density at radius 3 is 2.50 bits per heavy atom. The number of aromatic nitrogens is 2. The fourth-order valence-electron chi connectivity index (χ4n) is 3.94. The third-order valence-electron chi connectivity index (χ3n) is 5.74. The molecule has 0 unspecified atom stereocenters. The molecule has 3 rings (SSSR count). The van der Waals surface area contributed by atoms with Gasteiger partial charge in [0, 0.05) is 26.7 Å². The van der Waals surface area contributed by atoms with E-state index in [1.54, 1.807) is 0 Å². The first-order chi connectivity index (χ1) is 13.7. The predicted octanol–water partition coefficient (Wildman–Crippen LogP) is 3.02. The van der Waals surface area contributed by atoms with Crippen LogP contribution in [0.3, 0.4) is 0 Å². The number of likely N-dealkylation sites (tertiary alicyclic amines) is 1. The third kappa shape index (κ3) is 5.71. The van der Waals surface area contributed by atoms with Crippen molar-refractivity contribution in [2.45, 2.75) is 46.1 Å². The van der Waals surface area contributed by atoms with Gasteiger partial charge in [-0.15, -0.1) is 0 Å². The molecule has 28 heavy (non-hydrogen) atoms. The molecular formula is C22H36N6. The van der Waals surface area contributed by atoms with Gasteiger partial charge >= 0.3 is 0 Å². The van der Waals surface area contributed by atoms with Crippen LogP contribution in [-0.2, 0) is 6.54 Å². The van der Waals surface area contributed by atoms with E-state index in [1.165, 1.54) is 38.0 Å². The Hall–Kier alpha value is -2.08. The Labute approximate surface area is 169 Å². The van der Waals surface area contributed by atoms with Gasteiger partial charge < -0.3 is 20.1 Å². The molecule has 2 aromatic rings. The molecule has 1 aromatic heterocycles. The van der Waals surface area contributed by atoms with Gasteiger partial charge in [-0.3, -0.25) is 4.99 Å². The number of aliphatic imine (C=N–C) groups is 1. The number of aryl methyl sites for hydroxylation is 2. The molecule has 1 aromatic carbocycles. The highest BCUT2D eigenvalue weighted by molar-refractivity contribution is 5.79. The van der Waals surface area contributed by atoms with E-state index in [0.29, 0.717) is 0 Å². The van der Waals surface area contributed by atoms with Crippen LogP contribution in [-0.4, -0.2) is 60.2 Å². The number of piperidine rings is 1. The molecule has 6 heteroatoms. The van der Waals surface area contributed by atoms with Crippen LogP contribution in [0.2, 0.25) is 0 Å². The maximum absolute atomic E-state index is 4.64. The number of nitrogens with zero attached hydrogens (tertiary/aromatic N) is 4. The van der Waals surface area contributed by atoms with Gasteiger partial charge in [-0.05, 0) is 70.3 Å². The van der Waals surface area contributed by atoms with E-state index in [9.17, 15) is 0 Å². The summed E-state index contributed by atoms with van der Waals surface area (Å²) in [6, 6.07) is 8.34. The minimum atomic E-state index is 0.898. The number of guanidine groups is 1. The largest absolute Gasteiger partial charge is 0.356 e. The molecule has 154 valence electrons. The average Bonchev–Trinajstić information content (AvgIpc) is 3.03. The first kappa shape index (κ1) is 20.6. The summed E-state index contributed by atoms with van der Waals surface area (Å²) in [6.07, 6.45) is 4.90. The molecule has 0 spiro atoms. The zero-order valence-electron chi connectivity index (χ0n) is 17.7. The topological polar surface area (TPSA) is 57.5 Å². The summed E-state index contributed by atoms with van der Waals surface area (Å²) in [4.78, 5) is 11.6. The lowest BCUT2D eigenvalue weighted by atomic mass is 9.99. The molecule has 0 radical (unpaired) electrons. The molecule has 2 heterocycles. The third-order valence-corrected chi connectivity index (χ3v) is 5.74. The van der Waals surface area contributed by atoms with Crippen molar-refractivity contribution in [3.63, 3.8) is 0 Å². The van der Waals surface area contributed by atoms with Crippen LogP contribution in [0.4, 0.5) is 0 Å². The number of fused-ring (bicyclic) bond motifs is 1. The van der Waals surface area contributed by atoms with Crippen molar-refractivity contribution in [3.05, 3.63) is 30.1 Å². The summed E-state index contributed by atoms with van der Waals surface area (Å²) in [7, 11) is 1.84. The van der Waals surface area contributed by atoms with Gasteiger partial charge in [-0.2, -0.15) is 0 Å². The number of nitrogens with one attached hydrogen (secondary N) is 2. The van der Waals surface area contributed by atoms with Gasteiger partial charge in [-0.1, -0.05) is 19.1 Å². The van der Waals surface area contributed by atoms with Crippen molar-refractivity contribution < 1.29 is 0 Å². The zero-order valence-corrected chi connectivity index (χ0v) is 17.7. The Balaban J connectivity index is 1.32. The number of rotatable bonds is 8. The normalized spacial score (nSPS) is 16.6. The van der Waals surface area contributed by atoms with Crippen LogP contribution in [0.25, 0.3) is 11.0 Å². The molecule has 1 saturated heterocycles. The fourth-order valence-corrected chi connectivity index (χ4v) is 3.94. The van der Waals surface area contributed by atoms with Crippen LogP contribution in [0.1, 0.15) is 38.4 Å². The van der Waals surface area contributed by atoms with Crippen molar-refractivity contribution in [1.29, 1.82) is 0 Å². The molecule has 0 bridgehead atoms. The number of hydrogen-bond donors (Lipinski definition) is 2. The predicted molar refractivity (Wildman–Crippen MR) is 118 cm³/mol. The van der Waals surface area contributed by atoms with Gasteiger partial charge in [0.05, 0.1) is 11.0 Å². The Bertz CT molecular complexity index is 757. The van der Waals surface area contributed by atoms with Gasteiger partial charge in [0.1, 0.15) is 5.82 Å². The molecule has 0 atom stereocenters. The Morgan fingerprint density at radius 2 is 1.79 bits per heavy atom. The number of benzene rings is 1. The fraction of sp³-hybridized carbons (Fsp3) is 0.636. The van der Waals surface area contributed by atoms with E-state index >= 15 is 0 Å². The first-order valence-electron chi connectivity index (χ1n) is 10.8. The first-order valence-corrected chi connectivity index (χ1v) is 10.8. The molecule has 1 fully saturated rings. The lowest BCUT2D eigenvalue weighted by Gasteiger charge is -2.30. The highest BCUT2D eigenvalue weighted by Gasteiger charge is 2.14. The van der Waals surface area contributed by atoms with Crippen LogP contribution in [0.5, 0.6) is 0 Å². The van der Waals surface area contributed by atoms with E-state index < -0.39 is 0 Å². The quantitative estimate of drug-likeness (QED) is 0.417. The van der Waals surface area contributed by atoms with Gasteiger partial charge in [-0.25, -0.2) is 4.98 Å². The molecule has 1 aliphatic heterocycles. The Kier molecular flexibility index (Phi) is 7.71. The molecule has 0 aliphatic carbocycles. The van der Waals surface area contributed by atoms with Gasteiger partial charge in [0.15, 0.2) is 5.96 Å². The number of hydrogen-bond acceptors (Lipinski definition) is 3. The van der Waals surface area contributed by atoms with Crippen LogP contribution in [0, 0.1) is 12.8 Å². The maximum Gasteiger partial charge on any atom is 0.190 e. The minimum absolute atomic E-state index is 0.898. The zero-order chi connectivity index (χ0) is 19.8.